The Bertz CT molecular complexity index is 478. The van der Waals surface area contributed by atoms with Crippen molar-refractivity contribution in [3.05, 3.63) is 24.3 Å². The second-order valence-electron chi connectivity index (χ2n) is 4.54. The van der Waals surface area contributed by atoms with Gasteiger partial charge in [-0.3, -0.25) is 4.79 Å². The van der Waals surface area contributed by atoms with Crippen LogP contribution in [0.2, 0.25) is 0 Å². The lowest BCUT2D eigenvalue weighted by Crippen LogP contribution is -2.39. The number of benzene rings is 1. The molecule has 1 fully saturated rings. The van der Waals surface area contributed by atoms with Gasteiger partial charge in [0, 0.05) is 41.9 Å². The van der Waals surface area contributed by atoms with Crippen molar-refractivity contribution in [1.82, 2.24) is 5.32 Å². The van der Waals surface area contributed by atoms with E-state index in [1.54, 1.807) is 24.3 Å². The summed E-state index contributed by atoms with van der Waals surface area (Å²) in [4.78, 5) is 22.6. The molecule has 8 heteroatoms. The van der Waals surface area contributed by atoms with Crippen LogP contribution in [0.4, 0.5) is 16.2 Å². The molecule has 1 aromatic rings. The van der Waals surface area contributed by atoms with Crippen LogP contribution in [-0.2, 0) is 4.79 Å². The fraction of sp³-hybridized carbons (Fsp3) is 0.385. The lowest BCUT2D eigenvalue weighted by Gasteiger charge is -2.22. The standard InChI is InChI=1S/C13H18N4O2S.ClH/c14-13(19)17-10-3-1-9(2-4-10)16-12(18)7-11-8-20-6-5-15-11;/h1-4,11,15H,5-8H2,(H,16,18)(H3,14,17,19);1H. The van der Waals surface area contributed by atoms with Crippen molar-refractivity contribution in [2.75, 3.05) is 28.7 Å². The van der Waals surface area contributed by atoms with Crippen LogP contribution in [0.5, 0.6) is 0 Å². The lowest BCUT2D eigenvalue weighted by atomic mass is 10.2. The molecule has 1 unspecified atom stereocenters. The number of hydrogen-bond donors (Lipinski definition) is 4. The quantitative estimate of drug-likeness (QED) is 0.674. The first-order valence-corrected chi connectivity index (χ1v) is 7.56. The maximum absolute atomic E-state index is 11.9. The highest BCUT2D eigenvalue weighted by atomic mass is 35.5. The number of urea groups is 1. The third kappa shape index (κ3) is 6.24. The van der Waals surface area contributed by atoms with E-state index in [4.69, 9.17) is 5.73 Å². The van der Waals surface area contributed by atoms with Gasteiger partial charge in [-0.2, -0.15) is 11.8 Å². The SMILES string of the molecule is Cl.NC(=O)Nc1ccc(NC(=O)CC2CSCCN2)cc1. The van der Waals surface area contributed by atoms with Gasteiger partial charge in [0.15, 0.2) is 0 Å². The number of amides is 3. The van der Waals surface area contributed by atoms with Gasteiger partial charge in [0.05, 0.1) is 0 Å². The van der Waals surface area contributed by atoms with E-state index >= 15 is 0 Å². The number of hydrogen-bond acceptors (Lipinski definition) is 4. The minimum Gasteiger partial charge on any atom is -0.351 e. The Morgan fingerprint density at radius 2 is 1.86 bits per heavy atom. The second-order valence-corrected chi connectivity index (χ2v) is 5.69. The van der Waals surface area contributed by atoms with Gasteiger partial charge in [0.2, 0.25) is 5.91 Å². The predicted octanol–water partition coefficient (Wildman–Crippen LogP) is 1.63. The highest BCUT2D eigenvalue weighted by Gasteiger charge is 2.16. The molecule has 1 heterocycles. The summed E-state index contributed by atoms with van der Waals surface area (Å²) in [7, 11) is 0. The fourth-order valence-corrected chi connectivity index (χ4v) is 2.91. The zero-order valence-electron chi connectivity index (χ0n) is 11.4. The van der Waals surface area contributed by atoms with E-state index < -0.39 is 6.03 Å². The van der Waals surface area contributed by atoms with Crippen LogP contribution < -0.4 is 21.7 Å². The number of rotatable bonds is 4. The number of halogens is 1. The van der Waals surface area contributed by atoms with Crippen molar-refractivity contribution in [3.63, 3.8) is 0 Å². The normalized spacial score (nSPS) is 17.4. The van der Waals surface area contributed by atoms with E-state index in [0.717, 1.165) is 18.1 Å². The van der Waals surface area contributed by atoms with Crippen molar-refractivity contribution in [2.45, 2.75) is 12.5 Å². The molecule has 5 N–H and O–H groups in total. The molecule has 6 nitrogen and oxygen atoms in total. The first-order valence-electron chi connectivity index (χ1n) is 6.41. The van der Waals surface area contributed by atoms with Crippen LogP contribution in [0, 0.1) is 0 Å². The van der Waals surface area contributed by atoms with Crippen LogP contribution in [0.1, 0.15) is 6.42 Å². The smallest absolute Gasteiger partial charge is 0.316 e. The Balaban J connectivity index is 0.00000220. The van der Waals surface area contributed by atoms with Crippen molar-refractivity contribution >= 4 is 47.5 Å². The highest BCUT2D eigenvalue weighted by Crippen LogP contribution is 2.15. The van der Waals surface area contributed by atoms with Gasteiger partial charge in [0.1, 0.15) is 0 Å². The van der Waals surface area contributed by atoms with Crippen molar-refractivity contribution < 1.29 is 9.59 Å². The van der Waals surface area contributed by atoms with Crippen LogP contribution in [0.15, 0.2) is 24.3 Å². The molecule has 1 saturated heterocycles. The van der Waals surface area contributed by atoms with E-state index in [-0.39, 0.29) is 24.4 Å². The first-order chi connectivity index (χ1) is 9.63. The number of nitrogens with one attached hydrogen (secondary N) is 3. The van der Waals surface area contributed by atoms with E-state index in [0.29, 0.717) is 17.8 Å². The molecule has 3 amide bonds. The van der Waals surface area contributed by atoms with Crippen molar-refractivity contribution in [1.29, 1.82) is 0 Å². The zero-order valence-corrected chi connectivity index (χ0v) is 13.1. The average Bonchev–Trinajstić information content (AvgIpc) is 2.41. The first kappa shape index (κ1) is 17.6. The molecular weight excluding hydrogens is 312 g/mol. The highest BCUT2D eigenvalue weighted by molar-refractivity contribution is 7.99. The lowest BCUT2D eigenvalue weighted by molar-refractivity contribution is -0.116. The molecule has 1 atom stereocenters. The van der Waals surface area contributed by atoms with Crippen LogP contribution in [0.25, 0.3) is 0 Å². The molecule has 21 heavy (non-hydrogen) atoms. The third-order valence-corrected chi connectivity index (χ3v) is 4.00. The molecule has 0 aliphatic carbocycles. The largest absolute Gasteiger partial charge is 0.351 e. The summed E-state index contributed by atoms with van der Waals surface area (Å²) in [6, 6.07) is 6.47. The van der Waals surface area contributed by atoms with Gasteiger partial charge >= 0.3 is 6.03 Å². The average molecular weight is 331 g/mol. The monoisotopic (exact) mass is 330 g/mol. The molecule has 0 spiro atoms. The summed E-state index contributed by atoms with van der Waals surface area (Å²) in [5.74, 6) is 2.06. The summed E-state index contributed by atoms with van der Waals surface area (Å²) in [5.41, 5.74) is 6.32. The summed E-state index contributed by atoms with van der Waals surface area (Å²) in [6.07, 6.45) is 0.467. The Morgan fingerprint density at radius 1 is 1.24 bits per heavy atom. The zero-order chi connectivity index (χ0) is 14.4. The van der Waals surface area contributed by atoms with Crippen LogP contribution >= 0.6 is 24.2 Å². The molecule has 1 aliphatic rings. The number of carbonyl (C=O) groups is 2. The molecule has 0 bridgehead atoms. The maximum atomic E-state index is 11.9. The van der Waals surface area contributed by atoms with Crippen LogP contribution in [-0.4, -0.2) is 36.0 Å². The predicted molar refractivity (Wildman–Crippen MR) is 89.3 cm³/mol. The fourth-order valence-electron chi connectivity index (χ4n) is 1.97. The molecule has 116 valence electrons. The summed E-state index contributed by atoms with van der Waals surface area (Å²) < 4.78 is 0. The molecule has 0 saturated carbocycles. The molecule has 2 rings (SSSR count). The number of carbonyl (C=O) groups excluding carboxylic acids is 2. The van der Waals surface area contributed by atoms with E-state index in [9.17, 15) is 9.59 Å². The van der Waals surface area contributed by atoms with Gasteiger partial charge in [-0.05, 0) is 24.3 Å². The van der Waals surface area contributed by atoms with Crippen molar-refractivity contribution in [3.8, 4) is 0 Å². The Labute approximate surface area is 134 Å². The second kappa shape index (κ2) is 8.76. The number of primary amides is 1. The van der Waals surface area contributed by atoms with Gasteiger partial charge in [0.25, 0.3) is 0 Å². The molecular formula is C13H19ClN4O2S. The molecule has 0 aromatic heterocycles. The summed E-state index contributed by atoms with van der Waals surface area (Å²) in [5, 5.41) is 8.63. The number of thioether (sulfide) groups is 1. The van der Waals surface area contributed by atoms with Gasteiger partial charge in [-0.1, -0.05) is 0 Å². The number of nitrogens with two attached hydrogens (primary N) is 1. The van der Waals surface area contributed by atoms with E-state index in [1.165, 1.54) is 0 Å². The molecule has 0 radical (unpaired) electrons. The molecule has 1 aliphatic heterocycles. The van der Waals surface area contributed by atoms with Gasteiger partial charge < -0.3 is 21.7 Å². The topological polar surface area (TPSA) is 96.2 Å². The van der Waals surface area contributed by atoms with Crippen LogP contribution in [0.3, 0.4) is 0 Å². The Morgan fingerprint density at radius 3 is 2.38 bits per heavy atom. The molecule has 1 aromatic carbocycles. The maximum Gasteiger partial charge on any atom is 0.316 e. The van der Waals surface area contributed by atoms with Gasteiger partial charge in [-0.15, -0.1) is 12.4 Å². The summed E-state index contributed by atoms with van der Waals surface area (Å²) in [6.45, 7) is 0.954. The van der Waals surface area contributed by atoms with E-state index in [1.807, 2.05) is 11.8 Å². The minimum absolute atomic E-state index is 0. The minimum atomic E-state index is -0.609. The Kier molecular flexibility index (Phi) is 7.35. The van der Waals surface area contributed by atoms with Crippen molar-refractivity contribution in [2.24, 2.45) is 5.73 Å². The van der Waals surface area contributed by atoms with E-state index in [2.05, 4.69) is 16.0 Å². The number of anilines is 2. The Hall–Kier alpha value is -1.44. The summed E-state index contributed by atoms with van der Waals surface area (Å²) >= 11 is 1.86. The third-order valence-electron chi connectivity index (χ3n) is 2.87. The van der Waals surface area contributed by atoms with Gasteiger partial charge in [-0.25, -0.2) is 4.79 Å².